The van der Waals surface area contributed by atoms with Crippen molar-refractivity contribution >= 4 is 25.7 Å². The molecule has 0 rings (SSSR count). The second kappa shape index (κ2) is 37.9. The molecule has 0 heterocycles. The summed E-state index contributed by atoms with van der Waals surface area (Å²) in [5.41, 5.74) is 5.32. The maximum absolute atomic E-state index is 12.6. The van der Waals surface area contributed by atoms with Gasteiger partial charge in [-0.3, -0.25) is 23.4 Å². The number of hydrogen-bond donors (Lipinski definition) is 4. The van der Waals surface area contributed by atoms with Gasteiger partial charge in [0.1, 0.15) is 12.6 Å². The third-order valence-corrected chi connectivity index (χ3v) is 8.85. The average molecular weight is 820 g/mol. The zero-order valence-electron chi connectivity index (χ0n) is 34.2. The van der Waals surface area contributed by atoms with E-state index < -0.39 is 63.8 Å². The summed E-state index contributed by atoms with van der Waals surface area (Å²) in [5, 5.41) is 18.6. The van der Waals surface area contributed by atoms with Crippen molar-refractivity contribution in [2.45, 2.75) is 141 Å². The first-order valence-electron chi connectivity index (χ1n) is 20.4. The van der Waals surface area contributed by atoms with Gasteiger partial charge in [-0.2, -0.15) is 0 Å². The van der Waals surface area contributed by atoms with E-state index in [1.807, 2.05) is 61.6 Å². The molecule has 322 valence electrons. The van der Waals surface area contributed by atoms with E-state index in [-0.39, 0.29) is 12.8 Å². The Morgan fingerprint density at radius 1 is 0.632 bits per heavy atom. The van der Waals surface area contributed by atoms with E-state index in [1.165, 1.54) is 0 Å². The smallest absolute Gasteiger partial charge is 0.472 e. The van der Waals surface area contributed by atoms with E-state index in [1.54, 1.807) is 6.08 Å². The Morgan fingerprint density at radius 3 is 1.81 bits per heavy atom. The molecule has 5 N–H and O–H groups in total. The fourth-order valence-electron chi connectivity index (χ4n) is 4.72. The van der Waals surface area contributed by atoms with E-state index in [0.717, 1.165) is 70.6 Å². The number of carbonyl (C=O) groups is 3. The van der Waals surface area contributed by atoms with Gasteiger partial charge in [-0.1, -0.05) is 130 Å². The monoisotopic (exact) mass is 819 g/mol. The van der Waals surface area contributed by atoms with Gasteiger partial charge in [0.15, 0.2) is 6.10 Å². The third-order valence-electron chi connectivity index (χ3n) is 7.90. The van der Waals surface area contributed by atoms with Crippen molar-refractivity contribution in [3.63, 3.8) is 0 Å². The Balaban J connectivity index is 4.59. The Morgan fingerprint density at radius 2 is 1.16 bits per heavy atom. The minimum Gasteiger partial charge on any atom is -0.480 e. The second-order valence-electron chi connectivity index (χ2n) is 13.2. The maximum atomic E-state index is 12.6. The van der Waals surface area contributed by atoms with E-state index in [0.29, 0.717) is 25.7 Å². The van der Waals surface area contributed by atoms with Crippen LogP contribution in [0, 0.1) is 0 Å². The minimum atomic E-state index is -4.75. The van der Waals surface area contributed by atoms with Gasteiger partial charge in [-0.05, 0) is 77.0 Å². The molecule has 0 amide bonds. The Labute approximate surface area is 341 Å². The first-order chi connectivity index (χ1) is 27.5. The Kier molecular flexibility index (Phi) is 35.5. The molecular weight excluding hydrogens is 749 g/mol. The summed E-state index contributed by atoms with van der Waals surface area (Å²) in [4.78, 5) is 45.9. The van der Waals surface area contributed by atoms with Gasteiger partial charge in [-0.25, -0.2) is 4.57 Å². The molecule has 0 fully saturated rings. The Hall–Kier alpha value is -3.64. The summed E-state index contributed by atoms with van der Waals surface area (Å²) < 4.78 is 32.5. The van der Waals surface area contributed by atoms with Crippen LogP contribution in [0.25, 0.3) is 0 Å². The van der Waals surface area contributed by atoms with Gasteiger partial charge in [0.2, 0.25) is 0 Å². The molecule has 13 heteroatoms. The number of hydrogen-bond acceptors (Lipinski definition) is 10. The first-order valence-corrected chi connectivity index (χ1v) is 21.9. The summed E-state index contributed by atoms with van der Waals surface area (Å²) in [6.07, 6.45) is 44.0. The number of carbonyl (C=O) groups excluding carboxylic acids is 2. The van der Waals surface area contributed by atoms with Crippen molar-refractivity contribution in [3.05, 3.63) is 97.2 Å². The van der Waals surface area contributed by atoms with Crippen LogP contribution in [0.1, 0.15) is 123 Å². The lowest BCUT2D eigenvalue weighted by atomic mass is 10.1. The number of phosphoric acid groups is 1. The first kappa shape index (κ1) is 53.4. The number of rotatable bonds is 36. The number of nitrogens with two attached hydrogens (primary N) is 1. The van der Waals surface area contributed by atoms with E-state index in [4.69, 9.17) is 24.8 Å². The van der Waals surface area contributed by atoms with Crippen molar-refractivity contribution in [2.24, 2.45) is 5.73 Å². The number of ether oxygens (including phenoxy) is 2. The van der Waals surface area contributed by atoms with Crippen LogP contribution < -0.4 is 5.73 Å². The molecular formula is C44H70NO11P. The number of allylic oxidation sites excluding steroid dienone is 14. The summed E-state index contributed by atoms with van der Waals surface area (Å²) in [6.45, 7) is 2.34. The molecule has 0 saturated heterocycles. The van der Waals surface area contributed by atoms with E-state index in [2.05, 4.69) is 47.9 Å². The van der Waals surface area contributed by atoms with Crippen molar-refractivity contribution in [1.29, 1.82) is 0 Å². The number of aliphatic hydroxyl groups is 1. The molecule has 57 heavy (non-hydrogen) atoms. The van der Waals surface area contributed by atoms with Gasteiger partial charge in [-0.15, -0.1) is 0 Å². The van der Waals surface area contributed by atoms with Crippen LogP contribution in [-0.4, -0.2) is 71.1 Å². The summed E-state index contributed by atoms with van der Waals surface area (Å²) in [7, 11) is -4.75. The highest BCUT2D eigenvalue weighted by Crippen LogP contribution is 2.43. The molecule has 2 unspecified atom stereocenters. The number of esters is 2. The standard InChI is InChI=1S/C44H70NO11P/c1-3-5-7-8-9-10-11-12-13-14-18-21-24-27-30-34-42(47)53-36-40(37-54-57(51,52)55-38-41(45)44(49)50)56-43(48)35-31-28-25-22-19-16-15-17-20-23-26-29-33-39(46)32-6-4-2/h5-7,9-10,12-13,15-16,20,22-23,25-26,29,32,39-41,46H,3-4,8,11,14,17-19,21,24,27-28,30-31,33-38,45H2,1-2H3,(H,49,50)(H,51,52)/b7-5-,10-9-,13-12-,16-15-,23-20-,25-22-,29-26+,32-6-/t39?,40-,41+/m1/s1. The largest absolute Gasteiger partial charge is 0.480 e. The van der Waals surface area contributed by atoms with Crippen LogP contribution in [0.5, 0.6) is 0 Å². The summed E-state index contributed by atoms with van der Waals surface area (Å²) in [5.74, 6) is -2.52. The van der Waals surface area contributed by atoms with E-state index in [9.17, 15) is 28.9 Å². The highest BCUT2D eigenvalue weighted by Gasteiger charge is 2.28. The fourth-order valence-corrected chi connectivity index (χ4v) is 5.50. The zero-order valence-corrected chi connectivity index (χ0v) is 35.1. The topological polar surface area (TPSA) is 192 Å². The molecule has 0 spiro atoms. The molecule has 0 radical (unpaired) electrons. The molecule has 0 aromatic heterocycles. The number of carboxylic acids is 1. The van der Waals surface area contributed by atoms with Crippen LogP contribution in [0.2, 0.25) is 0 Å². The van der Waals surface area contributed by atoms with Gasteiger partial charge in [0.25, 0.3) is 0 Å². The second-order valence-corrected chi connectivity index (χ2v) is 14.7. The zero-order chi connectivity index (χ0) is 42.2. The normalized spacial score (nSPS) is 15.3. The predicted octanol–water partition coefficient (Wildman–Crippen LogP) is 9.47. The summed E-state index contributed by atoms with van der Waals surface area (Å²) >= 11 is 0. The highest BCUT2D eigenvalue weighted by atomic mass is 31.2. The average Bonchev–Trinajstić information content (AvgIpc) is 3.18. The number of unbranched alkanes of at least 4 members (excludes halogenated alkanes) is 6. The number of carboxylic acid groups (broad SMARTS) is 1. The van der Waals surface area contributed by atoms with Crippen LogP contribution in [0.15, 0.2) is 97.2 Å². The van der Waals surface area contributed by atoms with Gasteiger partial charge in [0.05, 0.1) is 19.3 Å². The molecule has 0 aromatic carbocycles. The highest BCUT2D eigenvalue weighted by molar-refractivity contribution is 7.47. The molecule has 0 aliphatic rings. The number of aliphatic carboxylic acids is 1. The minimum absolute atomic E-state index is 0.0549. The molecule has 4 atom stereocenters. The van der Waals surface area contributed by atoms with Crippen LogP contribution in [0.4, 0.5) is 0 Å². The van der Waals surface area contributed by atoms with Gasteiger partial charge in [0, 0.05) is 12.8 Å². The Bertz CT molecular complexity index is 1350. The van der Waals surface area contributed by atoms with E-state index >= 15 is 0 Å². The lowest BCUT2D eigenvalue weighted by Gasteiger charge is -2.20. The number of aliphatic hydroxyl groups excluding tert-OH is 1. The molecule has 0 aliphatic carbocycles. The van der Waals surface area contributed by atoms with Crippen molar-refractivity contribution in [1.82, 2.24) is 0 Å². The van der Waals surface area contributed by atoms with Crippen LogP contribution in [0.3, 0.4) is 0 Å². The van der Waals surface area contributed by atoms with Gasteiger partial charge >= 0.3 is 25.7 Å². The summed E-state index contributed by atoms with van der Waals surface area (Å²) in [6, 6.07) is -1.55. The van der Waals surface area contributed by atoms with Crippen molar-refractivity contribution in [2.75, 3.05) is 19.8 Å². The van der Waals surface area contributed by atoms with Crippen molar-refractivity contribution < 1.29 is 52.6 Å². The van der Waals surface area contributed by atoms with Gasteiger partial charge < -0.3 is 30.3 Å². The maximum Gasteiger partial charge on any atom is 0.472 e. The number of phosphoric ester groups is 1. The lowest BCUT2D eigenvalue weighted by molar-refractivity contribution is -0.161. The molecule has 0 aliphatic heterocycles. The fraction of sp³-hybridized carbons (Fsp3) is 0.568. The van der Waals surface area contributed by atoms with Crippen molar-refractivity contribution in [3.8, 4) is 0 Å². The van der Waals surface area contributed by atoms with Crippen LogP contribution >= 0.6 is 7.82 Å². The SMILES string of the molecule is CC/C=C\C/C=C\C/C=C\CCCCCCCC(=O)OC[C@H](COP(=O)(O)OC[C@H](N)C(=O)O)OC(=O)CCC/C=C\C/C=C\C/C=C\C=C\CC(O)/C=C\CC. The quantitative estimate of drug-likeness (QED) is 0.0154. The predicted molar refractivity (Wildman–Crippen MR) is 227 cm³/mol. The molecule has 12 nitrogen and oxygen atoms in total. The third kappa shape index (κ3) is 37.7. The lowest BCUT2D eigenvalue weighted by Crippen LogP contribution is -2.34. The molecule has 0 bridgehead atoms. The molecule has 0 aromatic rings. The molecule has 0 saturated carbocycles. The van der Waals surface area contributed by atoms with Crippen LogP contribution in [-0.2, 0) is 37.5 Å².